The second-order valence-electron chi connectivity index (χ2n) is 6.89. The van der Waals surface area contributed by atoms with Crippen LogP contribution in [0.4, 0.5) is 0 Å². The minimum absolute atomic E-state index is 0.0867. The van der Waals surface area contributed by atoms with Crippen LogP contribution in [-0.4, -0.2) is 23.9 Å². The maximum atomic E-state index is 12.4. The van der Waals surface area contributed by atoms with Crippen molar-refractivity contribution in [2.45, 2.75) is 77.3 Å². The van der Waals surface area contributed by atoms with E-state index in [4.69, 9.17) is 0 Å². The van der Waals surface area contributed by atoms with E-state index in [1.807, 2.05) is 6.08 Å². The van der Waals surface area contributed by atoms with Crippen LogP contribution in [0.3, 0.4) is 0 Å². The Hall–Kier alpha value is -1.84. The molecule has 4 heteroatoms. The van der Waals surface area contributed by atoms with E-state index in [1.165, 1.54) is 32.1 Å². The maximum absolute atomic E-state index is 12.4. The lowest BCUT2D eigenvalue weighted by molar-refractivity contribution is -0.129. The fourth-order valence-electron chi connectivity index (χ4n) is 3.44. The predicted molar refractivity (Wildman–Crippen MR) is 104 cm³/mol. The van der Waals surface area contributed by atoms with Gasteiger partial charge in [-0.05, 0) is 44.1 Å². The summed E-state index contributed by atoms with van der Waals surface area (Å²) in [5.41, 5.74) is 0.964. The van der Waals surface area contributed by atoms with Crippen molar-refractivity contribution < 1.29 is 9.59 Å². The molecule has 0 saturated heterocycles. The van der Waals surface area contributed by atoms with Crippen LogP contribution in [0.5, 0.6) is 0 Å². The van der Waals surface area contributed by atoms with Gasteiger partial charge in [-0.1, -0.05) is 57.6 Å². The molecule has 0 bridgehead atoms. The summed E-state index contributed by atoms with van der Waals surface area (Å²) < 4.78 is 0. The smallest absolute Gasteiger partial charge is 0.242 e. The Morgan fingerprint density at radius 3 is 2.36 bits per heavy atom. The fraction of sp³-hybridized carbons (Fsp3) is 0.619. The molecule has 140 valence electrons. The van der Waals surface area contributed by atoms with Crippen LogP contribution in [0.15, 0.2) is 37.0 Å². The molecule has 0 aromatic heterocycles. The summed E-state index contributed by atoms with van der Waals surface area (Å²) in [6, 6.07) is -0.296. The summed E-state index contributed by atoms with van der Waals surface area (Å²) in [6.45, 7) is 11.2. The summed E-state index contributed by atoms with van der Waals surface area (Å²) in [4.78, 5) is 24.5. The Kier molecular flexibility index (Phi) is 9.90. The third-order valence-corrected chi connectivity index (χ3v) is 4.99. The number of amides is 2. The molecular weight excluding hydrogens is 312 g/mol. The molecule has 2 unspecified atom stereocenters. The number of hydrogen-bond donors (Lipinski definition) is 2. The molecule has 2 amide bonds. The van der Waals surface area contributed by atoms with Crippen LogP contribution in [0, 0.1) is 5.92 Å². The minimum Gasteiger partial charge on any atom is -0.351 e. The topological polar surface area (TPSA) is 58.2 Å². The lowest BCUT2D eigenvalue weighted by Crippen LogP contribution is -2.50. The van der Waals surface area contributed by atoms with Crippen LogP contribution in [0.1, 0.15) is 65.2 Å². The molecule has 1 aliphatic rings. The van der Waals surface area contributed by atoms with Gasteiger partial charge in [0.1, 0.15) is 6.04 Å². The summed E-state index contributed by atoms with van der Waals surface area (Å²) in [5.74, 6) is 0.367. The van der Waals surface area contributed by atoms with E-state index in [0.717, 1.165) is 12.0 Å². The second-order valence-corrected chi connectivity index (χ2v) is 6.89. The van der Waals surface area contributed by atoms with Crippen LogP contribution < -0.4 is 10.6 Å². The molecule has 0 aromatic rings. The fourth-order valence-corrected chi connectivity index (χ4v) is 3.44. The van der Waals surface area contributed by atoms with Crippen molar-refractivity contribution in [1.29, 1.82) is 0 Å². The second kappa shape index (κ2) is 11.7. The van der Waals surface area contributed by atoms with Crippen molar-refractivity contribution in [3.63, 3.8) is 0 Å². The van der Waals surface area contributed by atoms with E-state index in [-0.39, 0.29) is 17.9 Å². The number of rotatable bonds is 10. The molecule has 1 aliphatic carbocycles. The highest BCUT2D eigenvalue weighted by atomic mass is 16.2. The molecule has 25 heavy (non-hydrogen) atoms. The Morgan fingerprint density at radius 2 is 1.80 bits per heavy atom. The molecule has 0 heterocycles. The summed E-state index contributed by atoms with van der Waals surface area (Å²) in [7, 11) is 0. The molecule has 0 aliphatic heterocycles. The highest BCUT2D eigenvalue weighted by Gasteiger charge is 2.25. The number of carbonyl (C=O) groups is 2. The highest BCUT2D eigenvalue weighted by molar-refractivity contribution is 5.87. The molecule has 2 N–H and O–H groups in total. The molecule has 0 spiro atoms. The van der Waals surface area contributed by atoms with Gasteiger partial charge in [0.05, 0.1) is 0 Å². The first-order valence-corrected chi connectivity index (χ1v) is 9.55. The van der Waals surface area contributed by atoms with Gasteiger partial charge in [-0.2, -0.15) is 0 Å². The number of hydrogen-bond acceptors (Lipinski definition) is 2. The third kappa shape index (κ3) is 7.72. The molecule has 1 rings (SSSR count). The molecular formula is C21H34N2O2. The minimum atomic E-state index is -0.513. The lowest BCUT2D eigenvalue weighted by atomic mass is 9.83. The Balaban J connectivity index is 2.43. The van der Waals surface area contributed by atoms with Crippen LogP contribution in [-0.2, 0) is 9.59 Å². The van der Waals surface area contributed by atoms with Crippen molar-refractivity contribution in [1.82, 2.24) is 10.6 Å². The Morgan fingerprint density at radius 1 is 1.12 bits per heavy atom. The molecule has 2 atom stereocenters. The summed E-state index contributed by atoms with van der Waals surface area (Å²) in [6.07, 6.45) is 13.3. The number of nitrogens with one attached hydrogen (secondary N) is 2. The van der Waals surface area contributed by atoms with E-state index >= 15 is 0 Å². The van der Waals surface area contributed by atoms with E-state index < -0.39 is 6.04 Å². The third-order valence-electron chi connectivity index (χ3n) is 4.99. The van der Waals surface area contributed by atoms with Crippen molar-refractivity contribution in [2.75, 3.05) is 0 Å². The number of carbonyl (C=O) groups excluding carboxylic acids is 2. The molecule has 1 fully saturated rings. The maximum Gasteiger partial charge on any atom is 0.242 e. The van der Waals surface area contributed by atoms with E-state index in [9.17, 15) is 9.59 Å². The van der Waals surface area contributed by atoms with Crippen LogP contribution in [0.25, 0.3) is 0 Å². The normalized spacial score (nSPS) is 18.1. The largest absolute Gasteiger partial charge is 0.351 e. The zero-order chi connectivity index (χ0) is 18.7. The molecule has 4 nitrogen and oxygen atoms in total. The van der Waals surface area contributed by atoms with Gasteiger partial charge >= 0.3 is 0 Å². The Bertz CT molecular complexity index is 490. The SMILES string of the molecule is C=C/C=C(\C=C)CCC(=O)NC(C)C(=O)NC(CC)C1CCCCC1. The van der Waals surface area contributed by atoms with Crippen molar-refractivity contribution in [3.05, 3.63) is 37.0 Å². The Labute approximate surface area is 152 Å². The molecule has 0 radical (unpaired) electrons. The van der Waals surface area contributed by atoms with Crippen molar-refractivity contribution in [2.24, 2.45) is 5.92 Å². The molecule has 1 saturated carbocycles. The lowest BCUT2D eigenvalue weighted by Gasteiger charge is -2.31. The van der Waals surface area contributed by atoms with Gasteiger partial charge in [0, 0.05) is 12.5 Å². The van der Waals surface area contributed by atoms with Gasteiger partial charge in [0.15, 0.2) is 0 Å². The number of allylic oxidation sites excluding steroid dienone is 4. The standard InChI is InChI=1S/C21H34N2O2/c1-5-11-17(6-2)14-15-20(24)22-16(4)21(25)23-19(7-3)18-12-9-8-10-13-18/h5-6,11,16,18-19H,1-2,7-10,12-15H2,3-4H3,(H,22,24)(H,23,25)/b17-11+. The van der Waals surface area contributed by atoms with Gasteiger partial charge in [-0.25, -0.2) is 0 Å². The summed E-state index contributed by atoms with van der Waals surface area (Å²) in [5, 5.41) is 5.94. The quantitative estimate of drug-likeness (QED) is 0.586. The first kappa shape index (κ1) is 21.2. The van der Waals surface area contributed by atoms with Gasteiger partial charge in [0.2, 0.25) is 11.8 Å². The predicted octanol–water partition coefficient (Wildman–Crippen LogP) is 4.04. The van der Waals surface area contributed by atoms with Crippen molar-refractivity contribution in [3.8, 4) is 0 Å². The van der Waals surface area contributed by atoms with Gasteiger partial charge in [-0.15, -0.1) is 0 Å². The van der Waals surface area contributed by atoms with E-state index in [1.54, 1.807) is 19.1 Å². The van der Waals surface area contributed by atoms with Gasteiger partial charge in [0.25, 0.3) is 0 Å². The average molecular weight is 347 g/mol. The highest BCUT2D eigenvalue weighted by Crippen LogP contribution is 2.27. The van der Waals surface area contributed by atoms with Crippen LogP contribution >= 0.6 is 0 Å². The monoisotopic (exact) mass is 346 g/mol. The molecule has 0 aromatic carbocycles. The zero-order valence-electron chi connectivity index (χ0n) is 15.9. The van der Waals surface area contributed by atoms with Crippen LogP contribution in [0.2, 0.25) is 0 Å². The van der Waals surface area contributed by atoms with E-state index in [0.29, 0.717) is 18.8 Å². The van der Waals surface area contributed by atoms with E-state index in [2.05, 4.69) is 30.7 Å². The zero-order valence-corrected chi connectivity index (χ0v) is 15.9. The summed E-state index contributed by atoms with van der Waals surface area (Å²) >= 11 is 0. The van der Waals surface area contributed by atoms with Gasteiger partial charge in [-0.3, -0.25) is 9.59 Å². The van der Waals surface area contributed by atoms with Gasteiger partial charge < -0.3 is 10.6 Å². The average Bonchev–Trinajstić information content (AvgIpc) is 2.63. The van der Waals surface area contributed by atoms with Crippen molar-refractivity contribution >= 4 is 11.8 Å². The first-order valence-electron chi connectivity index (χ1n) is 9.55. The first-order chi connectivity index (χ1) is 12.0.